The van der Waals surface area contributed by atoms with Gasteiger partial charge in [0.05, 0.1) is 11.3 Å². The Hall–Kier alpha value is -3.15. The van der Waals surface area contributed by atoms with E-state index >= 15 is 0 Å². The van der Waals surface area contributed by atoms with Crippen molar-refractivity contribution in [2.24, 2.45) is 5.73 Å². The Morgan fingerprint density at radius 3 is 1.79 bits per heavy atom. The van der Waals surface area contributed by atoms with E-state index in [4.69, 9.17) is 5.73 Å². The number of primary amides is 1. The van der Waals surface area contributed by atoms with Gasteiger partial charge in [0.15, 0.2) is 0 Å². The minimum absolute atomic E-state index is 0.0832. The molecule has 0 bridgehead atoms. The van der Waals surface area contributed by atoms with Gasteiger partial charge in [0, 0.05) is 23.2 Å². The second-order valence-electron chi connectivity index (χ2n) is 9.24. The Kier molecular flexibility index (Phi) is 7.43. The maximum Gasteiger partial charge on any atom is 0.255 e. The number of benzene rings is 2. The van der Waals surface area contributed by atoms with Crippen LogP contribution in [0, 0.1) is 0 Å². The van der Waals surface area contributed by atoms with Crippen molar-refractivity contribution in [3.05, 3.63) is 65.2 Å². The van der Waals surface area contributed by atoms with Crippen molar-refractivity contribution in [1.82, 2.24) is 4.90 Å². The molecule has 0 spiro atoms. The van der Waals surface area contributed by atoms with Crippen LogP contribution in [0.2, 0.25) is 0 Å². The summed E-state index contributed by atoms with van der Waals surface area (Å²) >= 11 is 0. The summed E-state index contributed by atoms with van der Waals surface area (Å²) in [7, 11) is 0. The zero-order valence-electron chi connectivity index (χ0n) is 19.1. The maximum absolute atomic E-state index is 13.6. The largest absolute Gasteiger partial charge is 0.366 e. The highest BCUT2D eigenvalue weighted by molar-refractivity contribution is 6.09. The van der Waals surface area contributed by atoms with E-state index < -0.39 is 5.91 Å². The number of carbonyl (C=O) groups is 3. The van der Waals surface area contributed by atoms with Crippen LogP contribution in [0.3, 0.4) is 0 Å². The number of carbonyl (C=O) groups excluding carboxylic acids is 3. The number of rotatable bonds is 6. The second-order valence-corrected chi connectivity index (χ2v) is 9.24. The summed E-state index contributed by atoms with van der Waals surface area (Å²) in [5.74, 6) is -0.865. The van der Waals surface area contributed by atoms with Crippen molar-refractivity contribution in [2.45, 2.75) is 76.3 Å². The fourth-order valence-corrected chi connectivity index (χ4v) is 5.26. The molecule has 0 unspecified atom stereocenters. The van der Waals surface area contributed by atoms with Gasteiger partial charge < -0.3 is 16.0 Å². The minimum atomic E-state index is -0.600. The lowest BCUT2D eigenvalue weighted by Gasteiger charge is -2.42. The third kappa shape index (κ3) is 5.44. The molecule has 0 atom stereocenters. The van der Waals surface area contributed by atoms with Crippen molar-refractivity contribution < 1.29 is 14.4 Å². The Morgan fingerprint density at radius 1 is 0.727 bits per heavy atom. The number of nitrogens with zero attached hydrogens (tertiary/aromatic N) is 1. The fourth-order valence-electron chi connectivity index (χ4n) is 5.26. The van der Waals surface area contributed by atoms with E-state index in [0.29, 0.717) is 28.9 Å². The van der Waals surface area contributed by atoms with Gasteiger partial charge in [0.25, 0.3) is 17.7 Å². The van der Waals surface area contributed by atoms with Gasteiger partial charge in [-0.15, -0.1) is 0 Å². The normalized spacial score (nSPS) is 17.3. The maximum atomic E-state index is 13.6. The van der Waals surface area contributed by atoms with Crippen LogP contribution in [0.1, 0.15) is 95.3 Å². The van der Waals surface area contributed by atoms with Gasteiger partial charge in [-0.1, -0.05) is 50.7 Å². The second kappa shape index (κ2) is 10.6. The van der Waals surface area contributed by atoms with Gasteiger partial charge in [-0.2, -0.15) is 0 Å². The van der Waals surface area contributed by atoms with E-state index in [1.165, 1.54) is 38.5 Å². The Morgan fingerprint density at radius 2 is 1.24 bits per heavy atom. The average Bonchev–Trinajstić information content (AvgIpc) is 2.86. The molecule has 0 radical (unpaired) electrons. The molecule has 33 heavy (non-hydrogen) atoms. The summed E-state index contributed by atoms with van der Waals surface area (Å²) in [6.07, 6.45) is 11.6. The molecule has 3 N–H and O–H groups in total. The molecule has 174 valence electrons. The average molecular weight is 448 g/mol. The number of amides is 3. The van der Waals surface area contributed by atoms with Crippen LogP contribution in [-0.2, 0) is 0 Å². The molecule has 0 aliphatic heterocycles. The first-order chi connectivity index (χ1) is 16.0. The number of nitrogens with one attached hydrogen (secondary N) is 1. The fraction of sp³-hybridized carbons (Fsp3) is 0.444. The standard InChI is InChI=1S/C27H33N3O3/c28-25(31)23-13-7-8-14-24(23)29-26(32)19-15-17-20(18-16-19)27(33)30(21-9-3-1-4-10-21)22-11-5-2-6-12-22/h7-8,13-18,21-22H,1-6,9-12H2,(H2,28,31)(H,29,32). The van der Waals surface area contributed by atoms with Crippen molar-refractivity contribution in [3.8, 4) is 0 Å². The van der Waals surface area contributed by atoms with Gasteiger partial charge >= 0.3 is 0 Å². The lowest BCUT2D eigenvalue weighted by Crippen LogP contribution is -2.48. The van der Waals surface area contributed by atoms with Gasteiger partial charge in [0.1, 0.15) is 0 Å². The van der Waals surface area contributed by atoms with Crippen LogP contribution in [-0.4, -0.2) is 34.7 Å². The van der Waals surface area contributed by atoms with E-state index in [2.05, 4.69) is 10.2 Å². The first-order valence-electron chi connectivity index (χ1n) is 12.2. The van der Waals surface area contributed by atoms with Crippen molar-refractivity contribution in [3.63, 3.8) is 0 Å². The Balaban J connectivity index is 1.50. The molecule has 0 aromatic heterocycles. The van der Waals surface area contributed by atoms with Crippen LogP contribution < -0.4 is 11.1 Å². The third-order valence-corrected chi connectivity index (χ3v) is 7.01. The van der Waals surface area contributed by atoms with Crippen molar-refractivity contribution in [1.29, 1.82) is 0 Å². The lowest BCUT2D eigenvalue weighted by molar-refractivity contribution is 0.0448. The molecule has 0 saturated heterocycles. The van der Waals surface area contributed by atoms with Gasteiger partial charge in [0.2, 0.25) is 0 Å². The molecule has 0 heterocycles. The van der Waals surface area contributed by atoms with Crippen molar-refractivity contribution in [2.75, 3.05) is 5.32 Å². The Labute approximate surface area is 195 Å². The molecule has 2 fully saturated rings. The minimum Gasteiger partial charge on any atom is -0.366 e. The van der Waals surface area contributed by atoms with Gasteiger partial charge in [-0.25, -0.2) is 0 Å². The number of hydrogen-bond donors (Lipinski definition) is 2. The zero-order valence-corrected chi connectivity index (χ0v) is 19.1. The zero-order chi connectivity index (χ0) is 23.2. The smallest absolute Gasteiger partial charge is 0.255 e. The molecule has 4 rings (SSSR count). The van der Waals surface area contributed by atoms with E-state index in [0.717, 1.165) is 25.7 Å². The van der Waals surface area contributed by atoms with E-state index in [9.17, 15) is 14.4 Å². The summed E-state index contributed by atoms with van der Waals surface area (Å²) in [5.41, 5.74) is 7.08. The molecule has 6 nitrogen and oxygen atoms in total. The van der Waals surface area contributed by atoms with Crippen LogP contribution in [0.4, 0.5) is 5.69 Å². The lowest BCUT2D eigenvalue weighted by atomic mass is 9.88. The molecule has 2 aromatic carbocycles. The highest BCUT2D eigenvalue weighted by Gasteiger charge is 2.33. The Bertz CT molecular complexity index is 972. The molecule has 3 amide bonds. The molecule has 2 aromatic rings. The van der Waals surface area contributed by atoms with Crippen LogP contribution in [0.25, 0.3) is 0 Å². The summed E-state index contributed by atoms with van der Waals surface area (Å²) in [6, 6.07) is 14.1. The topological polar surface area (TPSA) is 92.5 Å². The van der Waals surface area contributed by atoms with Crippen LogP contribution in [0.5, 0.6) is 0 Å². The predicted octanol–water partition coefficient (Wildman–Crippen LogP) is 5.15. The number of hydrogen-bond acceptors (Lipinski definition) is 3. The van der Waals surface area contributed by atoms with Gasteiger partial charge in [-0.05, 0) is 62.1 Å². The molecule has 2 aliphatic rings. The molecular weight excluding hydrogens is 414 g/mol. The summed E-state index contributed by atoms with van der Waals surface area (Å²) in [6.45, 7) is 0. The number of nitrogens with two attached hydrogens (primary N) is 1. The molecule has 6 heteroatoms. The molecule has 2 saturated carbocycles. The highest BCUT2D eigenvalue weighted by Crippen LogP contribution is 2.31. The number of para-hydroxylation sites is 1. The summed E-state index contributed by atoms with van der Waals surface area (Å²) in [5, 5.41) is 2.75. The SMILES string of the molecule is NC(=O)c1ccccc1NC(=O)c1ccc(C(=O)N(C2CCCCC2)C2CCCCC2)cc1. The monoisotopic (exact) mass is 447 g/mol. The van der Waals surface area contributed by atoms with Crippen LogP contribution >= 0.6 is 0 Å². The van der Waals surface area contributed by atoms with Crippen molar-refractivity contribution >= 4 is 23.4 Å². The molecule has 2 aliphatic carbocycles. The first-order valence-corrected chi connectivity index (χ1v) is 12.2. The van der Waals surface area contributed by atoms with E-state index in [1.54, 1.807) is 48.5 Å². The van der Waals surface area contributed by atoms with E-state index in [-0.39, 0.29) is 17.4 Å². The quantitative estimate of drug-likeness (QED) is 0.642. The number of anilines is 1. The van der Waals surface area contributed by atoms with Gasteiger partial charge in [-0.3, -0.25) is 14.4 Å². The van der Waals surface area contributed by atoms with Crippen LogP contribution in [0.15, 0.2) is 48.5 Å². The molecular formula is C27H33N3O3. The van der Waals surface area contributed by atoms with E-state index in [1.807, 2.05) is 0 Å². The first kappa shape index (κ1) is 23.0. The predicted molar refractivity (Wildman–Crippen MR) is 129 cm³/mol. The summed E-state index contributed by atoms with van der Waals surface area (Å²) < 4.78 is 0. The summed E-state index contributed by atoms with van der Waals surface area (Å²) in [4.78, 5) is 40.1. The third-order valence-electron chi connectivity index (χ3n) is 7.01. The highest BCUT2D eigenvalue weighted by atomic mass is 16.2.